The number of hydrogen-bond acceptors (Lipinski definition) is 3. The highest BCUT2D eigenvalue weighted by Gasteiger charge is 2.13. The number of rotatable bonds is 2. The number of anilines is 1. The van der Waals surface area contributed by atoms with Crippen LogP contribution in [0.3, 0.4) is 0 Å². The predicted molar refractivity (Wildman–Crippen MR) is 71.0 cm³/mol. The molecule has 0 atom stereocenters. The molecule has 1 amide bonds. The molecule has 1 aromatic heterocycles. The lowest BCUT2D eigenvalue weighted by Crippen LogP contribution is -2.14. The van der Waals surface area contributed by atoms with Crippen molar-refractivity contribution in [3.8, 4) is 6.07 Å². The van der Waals surface area contributed by atoms with E-state index in [-0.39, 0.29) is 10.0 Å². The third-order valence-corrected chi connectivity index (χ3v) is 3.14. The Hall–Kier alpha value is -2.26. The lowest BCUT2D eigenvalue weighted by Gasteiger charge is -2.06. The Bertz CT molecular complexity index is 665. The first-order valence-electron chi connectivity index (χ1n) is 5.23. The number of hydrogen-bond donors (Lipinski definition) is 1. The van der Waals surface area contributed by atoms with Gasteiger partial charge in [0.05, 0.1) is 15.6 Å². The van der Waals surface area contributed by atoms with Crippen LogP contribution in [0, 0.1) is 17.1 Å². The molecule has 0 aliphatic rings. The molecule has 1 N–H and O–H groups in total. The Morgan fingerprint density at radius 3 is 2.79 bits per heavy atom. The van der Waals surface area contributed by atoms with Gasteiger partial charge in [0.25, 0.3) is 5.91 Å². The first-order chi connectivity index (χ1) is 9.11. The highest BCUT2D eigenvalue weighted by atomic mass is 79.9. The van der Waals surface area contributed by atoms with Crippen molar-refractivity contribution in [2.45, 2.75) is 0 Å². The SMILES string of the molecule is N#Cc1ccc(NC(=O)c2cccc(F)c2Br)nc1. The zero-order chi connectivity index (χ0) is 13.8. The van der Waals surface area contributed by atoms with Crippen molar-refractivity contribution in [2.75, 3.05) is 5.32 Å². The second-order valence-electron chi connectivity index (χ2n) is 3.60. The Morgan fingerprint density at radius 1 is 1.37 bits per heavy atom. The summed E-state index contributed by atoms with van der Waals surface area (Å²) in [5.74, 6) is -0.704. The molecule has 19 heavy (non-hydrogen) atoms. The zero-order valence-electron chi connectivity index (χ0n) is 9.52. The van der Waals surface area contributed by atoms with Gasteiger partial charge in [-0.3, -0.25) is 4.79 Å². The molecule has 0 aliphatic carbocycles. The third kappa shape index (κ3) is 2.95. The fourth-order valence-electron chi connectivity index (χ4n) is 1.40. The molecule has 2 aromatic rings. The standard InChI is InChI=1S/C13H7BrFN3O/c14-12-9(2-1-3-10(12)15)13(19)18-11-5-4-8(6-16)7-17-11/h1-5,7H,(H,17,18,19). The van der Waals surface area contributed by atoms with Gasteiger partial charge in [-0.05, 0) is 40.2 Å². The molecule has 0 radical (unpaired) electrons. The van der Waals surface area contributed by atoms with E-state index in [0.29, 0.717) is 11.4 Å². The largest absolute Gasteiger partial charge is 0.307 e. The topological polar surface area (TPSA) is 65.8 Å². The van der Waals surface area contributed by atoms with Crippen molar-refractivity contribution >= 4 is 27.7 Å². The van der Waals surface area contributed by atoms with Crippen LogP contribution in [0.4, 0.5) is 10.2 Å². The molecule has 1 aromatic carbocycles. The number of carbonyl (C=O) groups is 1. The normalized spacial score (nSPS) is 9.74. The van der Waals surface area contributed by atoms with Crippen LogP contribution >= 0.6 is 15.9 Å². The van der Waals surface area contributed by atoms with Crippen LogP contribution in [0.2, 0.25) is 0 Å². The lowest BCUT2D eigenvalue weighted by atomic mass is 10.2. The summed E-state index contributed by atoms with van der Waals surface area (Å²) < 4.78 is 13.4. The van der Waals surface area contributed by atoms with Gasteiger partial charge in [-0.2, -0.15) is 5.26 Å². The van der Waals surface area contributed by atoms with Gasteiger partial charge in [0.15, 0.2) is 0 Å². The summed E-state index contributed by atoms with van der Waals surface area (Å²) in [6, 6.07) is 9.15. The van der Waals surface area contributed by atoms with Gasteiger partial charge in [0.2, 0.25) is 0 Å². The second kappa shape index (κ2) is 5.59. The maximum Gasteiger partial charge on any atom is 0.258 e. The summed E-state index contributed by atoms with van der Waals surface area (Å²) in [6.45, 7) is 0. The predicted octanol–water partition coefficient (Wildman–Crippen LogP) is 3.11. The molecular weight excluding hydrogens is 313 g/mol. The van der Waals surface area contributed by atoms with Crippen molar-refractivity contribution in [3.05, 3.63) is 57.9 Å². The van der Waals surface area contributed by atoms with Crippen LogP contribution in [0.5, 0.6) is 0 Å². The number of nitrogens with one attached hydrogen (secondary N) is 1. The molecule has 94 valence electrons. The zero-order valence-corrected chi connectivity index (χ0v) is 11.1. The molecule has 0 spiro atoms. The van der Waals surface area contributed by atoms with Crippen molar-refractivity contribution in [2.24, 2.45) is 0 Å². The molecule has 6 heteroatoms. The Balaban J connectivity index is 2.21. The quantitative estimate of drug-likeness (QED) is 0.924. The van der Waals surface area contributed by atoms with Gasteiger partial charge in [0, 0.05) is 6.20 Å². The van der Waals surface area contributed by atoms with Crippen molar-refractivity contribution in [1.29, 1.82) is 5.26 Å². The summed E-state index contributed by atoms with van der Waals surface area (Å²) in [7, 11) is 0. The summed E-state index contributed by atoms with van der Waals surface area (Å²) in [5.41, 5.74) is 0.566. The minimum Gasteiger partial charge on any atom is -0.307 e. The number of halogens is 2. The van der Waals surface area contributed by atoms with Crippen LogP contribution in [0.1, 0.15) is 15.9 Å². The summed E-state index contributed by atoms with van der Waals surface area (Å²) in [6.07, 6.45) is 1.34. The Labute approximate surface area is 117 Å². The highest BCUT2D eigenvalue weighted by Crippen LogP contribution is 2.21. The van der Waals surface area contributed by atoms with E-state index in [0.717, 1.165) is 0 Å². The van der Waals surface area contributed by atoms with Gasteiger partial charge in [-0.1, -0.05) is 6.07 Å². The number of aromatic nitrogens is 1. The van der Waals surface area contributed by atoms with E-state index in [1.54, 1.807) is 0 Å². The van der Waals surface area contributed by atoms with Crippen LogP contribution < -0.4 is 5.32 Å². The highest BCUT2D eigenvalue weighted by molar-refractivity contribution is 9.10. The number of amides is 1. The molecular formula is C13H7BrFN3O. The van der Waals surface area contributed by atoms with Crippen molar-refractivity contribution in [3.63, 3.8) is 0 Å². The minimum absolute atomic E-state index is 0.0983. The van der Waals surface area contributed by atoms with Crippen LogP contribution in [-0.2, 0) is 0 Å². The Kier molecular flexibility index (Phi) is 3.88. The maximum absolute atomic E-state index is 13.3. The van der Waals surface area contributed by atoms with E-state index in [1.807, 2.05) is 6.07 Å². The van der Waals surface area contributed by atoms with Gasteiger partial charge >= 0.3 is 0 Å². The summed E-state index contributed by atoms with van der Waals surface area (Å²) in [5, 5.41) is 11.2. The summed E-state index contributed by atoms with van der Waals surface area (Å²) >= 11 is 3.02. The average Bonchev–Trinajstić information content (AvgIpc) is 2.42. The monoisotopic (exact) mass is 319 g/mol. The number of pyridine rings is 1. The number of carbonyl (C=O) groups excluding carboxylic acids is 1. The van der Waals surface area contributed by atoms with E-state index in [1.165, 1.54) is 36.5 Å². The minimum atomic E-state index is -0.513. The number of benzene rings is 1. The van der Waals surface area contributed by atoms with Crippen LogP contribution in [0.15, 0.2) is 41.0 Å². The molecule has 0 aliphatic heterocycles. The molecule has 0 bridgehead atoms. The van der Waals surface area contributed by atoms with E-state index in [2.05, 4.69) is 26.2 Å². The fraction of sp³-hybridized carbons (Fsp3) is 0. The maximum atomic E-state index is 13.3. The third-order valence-electron chi connectivity index (χ3n) is 2.33. The van der Waals surface area contributed by atoms with E-state index in [9.17, 15) is 9.18 Å². The van der Waals surface area contributed by atoms with Gasteiger partial charge in [-0.15, -0.1) is 0 Å². The van der Waals surface area contributed by atoms with Crippen molar-refractivity contribution < 1.29 is 9.18 Å². The molecule has 0 saturated heterocycles. The molecule has 4 nitrogen and oxygen atoms in total. The molecule has 0 fully saturated rings. The van der Waals surface area contributed by atoms with Crippen LogP contribution in [0.25, 0.3) is 0 Å². The average molecular weight is 320 g/mol. The molecule has 2 rings (SSSR count). The van der Waals surface area contributed by atoms with Crippen molar-refractivity contribution in [1.82, 2.24) is 4.98 Å². The lowest BCUT2D eigenvalue weighted by molar-refractivity contribution is 0.102. The molecule has 0 unspecified atom stereocenters. The van der Waals surface area contributed by atoms with Gasteiger partial charge < -0.3 is 5.32 Å². The molecule has 1 heterocycles. The smallest absolute Gasteiger partial charge is 0.258 e. The fourth-order valence-corrected chi connectivity index (χ4v) is 1.84. The van der Waals surface area contributed by atoms with E-state index >= 15 is 0 Å². The Morgan fingerprint density at radius 2 is 2.16 bits per heavy atom. The van der Waals surface area contributed by atoms with E-state index < -0.39 is 11.7 Å². The second-order valence-corrected chi connectivity index (χ2v) is 4.39. The number of nitriles is 1. The summed E-state index contributed by atoms with van der Waals surface area (Å²) in [4.78, 5) is 15.8. The number of nitrogens with zero attached hydrogens (tertiary/aromatic N) is 2. The van der Waals surface area contributed by atoms with E-state index in [4.69, 9.17) is 5.26 Å². The van der Waals surface area contributed by atoms with Crippen LogP contribution in [-0.4, -0.2) is 10.9 Å². The first kappa shape index (κ1) is 13.2. The van der Waals surface area contributed by atoms with Gasteiger partial charge in [0.1, 0.15) is 17.7 Å². The van der Waals surface area contributed by atoms with Gasteiger partial charge in [-0.25, -0.2) is 9.37 Å². The first-order valence-corrected chi connectivity index (χ1v) is 6.02. The molecule has 0 saturated carbocycles.